The fourth-order valence-corrected chi connectivity index (χ4v) is 2.09. The van der Waals surface area contributed by atoms with Gasteiger partial charge in [-0.05, 0) is 42.0 Å². The standard InChI is InChI=1S/C16H11BrN2O2/c17-13-4-2-5-14(9-13)19-16(21)12(10-18)7-11-3-1-6-15(20)8-11/h1-9,20H,(H,19,21)/b12-7-. The quantitative estimate of drug-likeness (QED) is 0.659. The van der Waals surface area contributed by atoms with Gasteiger partial charge in [0.05, 0.1) is 0 Å². The summed E-state index contributed by atoms with van der Waals surface area (Å²) in [7, 11) is 0. The molecule has 0 heterocycles. The van der Waals surface area contributed by atoms with E-state index in [1.807, 2.05) is 12.1 Å². The second kappa shape index (κ2) is 6.73. The third-order valence-corrected chi connectivity index (χ3v) is 3.12. The predicted octanol–water partition coefficient (Wildman–Crippen LogP) is 3.70. The van der Waals surface area contributed by atoms with Gasteiger partial charge in [0.2, 0.25) is 0 Å². The molecule has 4 nitrogen and oxygen atoms in total. The second-order valence-electron chi connectivity index (χ2n) is 4.23. The average Bonchev–Trinajstić information content (AvgIpc) is 2.44. The summed E-state index contributed by atoms with van der Waals surface area (Å²) >= 11 is 3.31. The van der Waals surface area contributed by atoms with Gasteiger partial charge in [-0.3, -0.25) is 4.79 Å². The zero-order valence-corrected chi connectivity index (χ0v) is 12.5. The summed E-state index contributed by atoms with van der Waals surface area (Å²) < 4.78 is 0.829. The molecule has 0 saturated carbocycles. The van der Waals surface area contributed by atoms with Crippen molar-refractivity contribution in [2.24, 2.45) is 0 Å². The lowest BCUT2D eigenvalue weighted by Crippen LogP contribution is -2.13. The number of phenols is 1. The molecular weight excluding hydrogens is 332 g/mol. The maximum Gasteiger partial charge on any atom is 0.266 e. The third-order valence-electron chi connectivity index (χ3n) is 2.63. The number of carbonyl (C=O) groups excluding carboxylic acids is 1. The first-order chi connectivity index (χ1) is 10.1. The smallest absolute Gasteiger partial charge is 0.266 e. The molecule has 0 unspecified atom stereocenters. The molecule has 2 N–H and O–H groups in total. The number of anilines is 1. The van der Waals surface area contributed by atoms with Gasteiger partial charge >= 0.3 is 0 Å². The van der Waals surface area contributed by atoms with Gasteiger partial charge < -0.3 is 10.4 Å². The van der Waals surface area contributed by atoms with Crippen LogP contribution in [0.1, 0.15) is 5.56 Å². The van der Waals surface area contributed by atoms with Gasteiger partial charge in [-0.25, -0.2) is 0 Å². The molecule has 0 spiro atoms. The van der Waals surface area contributed by atoms with Crippen molar-refractivity contribution in [2.75, 3.05) is 5.32 Å². The number of carbonyl (C=O) groups is 1. The topological polar surface area (TPSA) is 73.1 Å². The highest BCUT2D eigenvalue weighted by atomic mass is 79.9. The Labute approximate surface area is 130 Å². The minimum absolute atomic E-state index is 0.0411. The minimum Gasteiger partial charge on any atom is -0.508 e. The first-order valence-corrected chi connectivity index (χ1v) is 6.85. The van der Waals surface area contributed by atoms with Crippen molar-refractivity contribution in [3.05, 3.63) is 64.1 Å². The van der Waals surface area contributed by atoms with Gasteiger partial charge in [-0.15, -0.1) is 0 Å². The highest BCUT2D eigenvalue weighted by molar-refractivity contribution is 9.10. The molecule has 2 aromatic carbocycles. The molecule has 0 saturated heterocycles. The molecule has 2 rings (SSSR count). The molecule has 2 aromatic rings. The number of rotatable bonds is 3. The number of hydrogen-bond donors (Lipinski definition) is 2. The Hall–Kier alpha value is -2.58. The molecule has 1 amide bonds. The Morgan fingerprint density at radius 1 is 1.24 bits per heavy atom. The predicted molar refractivity (Wildman–Crippen MR) is 84.5 cm³/mol. The average molecular weight is 343 g/mol. The van der Waals surface area contributed by atoms with Crippen LogP contribution in [0.25, 0.3) is 6.08 Å². The van der Waals surface area contributed by atoms with Crippen LogP contribution in [0, 0.1) is 11.3 Å². The molecule has 0 aromatic heterocycles. The summed E-state index contributed by atoms with van der Waals surface area (Å²) in [6, 6.07) is 15.3. The molecule has 0 bridgehead atoms. The van der Waals surface area contributed by atoms with E-state index >= 15 is 0 Å². The van der Waals surface area contributed by atoms with E-state index in [2.05, 4.69) is 21.2 Å². The van der Waals surface area contributed by atoms with E-state index in [9.17, 15) is 9.90 Å². The van der Waals surface area contributed by atoms with Crippen LogP contribution in [0.15, 0.2) is 58.6 Å². The van der Waals surface area contributed by atoms with Crippen molar-refractivity contribution >= 4 is 33.6 Å². The highest BCUT2D eigenvalue weighted by Gasteiger charge is 2.09. The van der Waals surface area contributed by atoms with Crippen LogP contribution in [0.3, 0.4) is 0 Å². The number of hydrogen-bond acceptors (Lipinski definition) is 3. The van der Waals surface area contributed by atoms with E-state index in [4.69, 9.17) is 5.26 Å². The van der Waals surface area contributed by atoms with Crippen molar-refractivity contribution in [3.8, 4) is 11.8 Å². The molecule has 0 aliphatic rings. The number of aromatic hydroxyl groups is 1. The summed E-state index contributed by atoms with van der Waals surface area (Å²) in [6.07, 6.45) is 1.42. The van der Waals surface area contributed by atoms with E-state index in [0.29, 0.717) is 11.3 Å². The lowest BCUT2D eigenvalue weighted by atomic mass is 10.1. The summed E-state index contributed by atoms with van der Waals surface area (Å²) in [6.45, 7) is 0. The van der Waals surface area contributed by atoms with Gasteiger partial charge in [0, 0.05) is 10.2 Å². The number of nitriles is 1. The fourth-order valence-electron chi connectivity index (χ4n) is 1.69. The van der Waals surface area contributed by atoms with Crippen molar-refractivity contribution in [3.63, 3.8) is 0 Å². The van der Waals surface area contributed by atoms with Crippen LogP contribution in [0.2, 0.25) is 0 Å². The summed E-state index contributed by atoms with van der Waals surface area (Å²) in [5, 5.41) is 21.1. The summed E-state index contributed by atoms with van der Waals surface area (Å²) in [5.41, 5.74) is 1.13. The van der Waals surface area contributed by atoms with Crippen LogP contribution in [0.4, 0.5) is 5.69 Å². The lowest BCUT2D eigenvalue weighted by Gasteiger charge is -2.04. The number of phenolic OH excluding ortho intramolecular Hbond substituents is 1. The Morgan fingerprint density at radius 3 is 2.67 bits per heavy atom. The third kappa shape index (κ3) is 4.20. The Kier molecular flexibility index (Phi) is 4.75. The Morgan fingerprint density at radius 2 is 2.00 bits per heavy atom. The van der Waals surface area contributed by atoms with E-state index in [-0.39, 0.29) is 11.3 Å². The lowest BCUT2D eigenvalue weighted by molar-refractivity contribution is -0.112. The van der Waals surface area contributed by atoms with Gasteiger partial charge in [-0.1, -0.05) is 34.1 Å². The first-order valence-electron chi connectivity index (χ1n) is 6.06. The van der Waals surface area contributed by atoms with Crippen LogP contribution >= 0.6 is 15.9 Å². The molecule has 0 aliphatic heterocycles. The summed E-state index contributed by atoms with van der Waals surface area (Å²) in [5.74, 6) is -0.424. The molecular formula is C16H11BrN2O2. The molecule has 21 heavy (non-hydrogen) atoms. The number of halogens is 1. The van der Waals surface area contributed by atoms with E-state index in [1.165, 1.54) is 18.2 Å². The van der Waals surface area contributed by atoms with Gasteiger partial charge in [0.25, 0.3) is 5.91 Å². The fraction of sp³-hybridized carbons (Fsp3) is 0. The van der Waals surface area contributed by atoms with Crippen LogP contribution < -0.4 is 5.32 Å². The van der Waals surface area contributed by atoms with Gasteiger partial charge in [0.1, 0.15) is 17.4 Å². The largest absolute Gasteiger partial charge is 0.508 e. The van der Waals surface area contributed by atoms with Crippen molar-refractivity contribution in [1.29, 1.82) is 5.26 Å². The van der Waals surface area contributed by atoms with E-state index < -0.39 is 5.91 Å². The highest BCUT2D eigenvalue weighted by Crippen LogP contribution is 2.18. The normalized spacial score (nSPS) is 10.8. The van der Waals surface area contributed by atoms with E-state index in [0.717, 1.165) is 4.47 Å². The first kappa shape index (κ1) is 14.8. The molecule has 104 valence electrons. The minimum atomic E-state index is -0.501. The number of benzene rings is 2. The Balaban J connectivity index is 2.21. The van der Waals surface area contributed by atoms with Crippen molar-refractivity contribution < 1.29 is 9.90 Å². The number of amides is 1. The molecule has 0 atom stereocenters. The Bertz CT molecular complexity index is 748. The monoisotopic (exact) mass is 342 g/mol. The molecule has 0 aliphatic carbocycles. The number of nitrogens with zero attached hydrogens (tertiary/aromatic N) is 1. The molecule has 0 fully saturated rings. The molecule has 0 radical (unpaired) electrons. The van der Waals surface area contributed by atoms with Crippen LogP contribution in [-0.4, -0.2) is 11.0 Å². The van der Waals surface area contributed by atoms with Gasteiger partial charge in [-0.2, -0.15) is 5.26 Å². The summed E-state index contributed by atoms with van der Waals surface area (Å²) in [4.78, 5) is 12.1. The zero-order valence-electron chi connectivity index (χ0n) is 10.9. The van der Waals surface area contributed by atoms with Crippen molar-refractivity contribution in [2.45, 2.75) is 0 Å². The van der Waals surface area contributed by atoms with Crippen LogP contribution in [0.5, 0.6) is 5.75 Å². The van der Waals surface area contributed by atoms with Gasteiger partial charge in [0.15, 0.2) is 0 Å². The SMILES string of the molecule is N#C/C(=C/c1cccc(O)c1)C(=O)Nc1cccc(Br)c1. The maximum atomic E-state index is 12.1. The maximum absolute atomic E-state index is 12.1. The second-order valence-corrected chi connectivity index (χ2v) is 5.14. The van der Waals surface area contributed by atoms with E-state index in [1.54, 1.807) is 30.3 Å². The van der Waals surface area contributed by atoms with Crippen molar-refractivity contribution in [1.82, 2.24) is 0 Å². The zero-order chi connectivity index (χ0) is 15.2. The molecule has 5 heteroatoms. The van der Waals surface area contributed by atoms with Crippen LogP contribution in [-0.2, 0) is 4.79 Å². The number of nitrogens with one attached hydrogen (secondary N) is 1.